The minimum atomic E-state index is -2.00. The quantitative estimate of drug-likeness (QED) is 0.0146. The summed E-state index contributed by atoms with van der Waals surface area (Å²) in [6.45, 7) is 17.5. The van der Waals surface area contributed by atoms with Crippen molar-refractivity contribution >= 4 is 36.7 Å². The highest BCUT2D eigenvalue weighted by Gasteiger charge is 2.74. The molecular weight excluding hydrogens is 1380 g/mol. The number of allylic oxidation sites excluding steroid dienone is 2. The lowest BCUT2D eigenvalue weighted by molar-refractivity contribution is -0.394. The number of benzene rings is 1. The number of ether oxygens (including phenoxy) is 13. The van der Waals surface area contributed by atoms with Gasteiger partial charge in [-0.1, -0.05) is 83.5 Å². The molecule has 4 saturated carbocycles. The van der Waals surface area contributed by atoms with Crippen LogP contribution < -0.4 is 0 Å². The first kappa shape index (κ1) is 81.4. The summed E-state index contributed by atoms with van der Waals surface area (Å²) in [7, 11) is 0. The maximum atomic E-state index is 16.1. The smallest absolute Gasteiger partial charge is 0.331 e. The van der Waals surface area contributed by atoms with E-state index in [-0.39, 0.29) is 49.5 Å². The minimum Gasteiger partial charge on any atom is -0.468 e. The van der Waals surface area contributed by atoms with Crippen molar-refractivity contribution in [2.45, 2.75) is 299 Å². The molecule has 5 saturated heterocycles. The van der Waals surface area contributed by atoms with Crippen LogP contribution in [-0.2, 0) is 85.6 Å². The van der Waals surface area contributed by atoms with Gasteiger partial charge < -0.3 is 128 Å². The van der Waals surface area contributed by atoms with Gasteiger partial charge in [-0.25, -0.2) is 4.79 Å². The zero-order chi connectivity index (χ0) is 76.4. The normalized spacial score (nSPS) is 48.1. The second-order valence-corrected chi connectivity index (χ2v) is 33.0. The van der Waals surface area contributed by atoms with Crippen LogP contribution >= 0.6 is 0 Å². The Hall–Kier alpha value is -4.59. The molecular formula is C75H110O30. The number of carbonyl (C=O) groups excluding carboxylic acids is 5. The maximum Gasteiger partial charge on any atom is 0.331 e. The molecule has 0 amide bonds. The van der Waals surface area contributed by atoms with E-state index in [0.29, 0.717) is 57.0 Å². The van der Waals surface area contributed by atoms with Gasteiger partial charge in [0.1, 0.15) is 85.6 Å². The molecule has 1 aromatic rings. The average Bonchev–Trinajstić information content (AvgIpc) is 0.671. The van der Waals surface area contributed by atoms with Gasteiger partial charge >= 0.3 is 17.9 Å². The molecule has 0 bridgehead atoms. The van der Waals surface area contributed by atoms with Gasteiger partial charge in [0.2, 0.25) is 6.29 Å². The zero-order valence-electron chi connectivity index (χ0n) is 61.2. The summed E-state index contributed by atoms with van der Waals surface area (Å²) in [5.41, 5.74) is -3.73. The van der Waals surface area contributed by atoms with E-state index in [9.17, 15) is 80.5 Å². The van der Waals surface area contributed by atoms with E-state index in [4.69, 9.17) is 61.6 Å². The molecule has 10 aliphatic rings. The standard InChI is InChI=1S/C75H110O30/c1-35-14-16-39(17-15-35)18-21-49(82)101-59-37(3)96-67(63(61(59)97-38(4)79)104-65-57(90)54(87)50(83)36(2)95-65)105-69(92)75-27-26-70(5,6)29-41(75)40-19-20-46-71(7)24-23-48(72(8,33-77)45(71)22-25-73(46,9)74(40,10)30-47(75)81)100-68-62(103-66-58(91)55(88)52(85)44(31-76)99-66)60(102-64-56(89)51(84)42(80)32-94-64)53(86)43(98-68)13-11-12-28-93-34-78/h14-21,33-34,36-37,40-48,50-68,76,80-81,83-91H,11-13,22-32H2,1-10H3/b21-18-/t36?,37?,40?,41-,42?,43?,44?,45+,46+,47+,48-,50?,51?,52?,53?,54?,55?,56?,57?,58?,59?,60?,61?,62?,63?,64?,65?,66?,67?,68?,71-,72-,73+,74+,75+/m0/s1. The first-order chi connectivity index (χ1) is 49.5. The highest BCUT2D eigenvalue weighted by atomic mass is 16.8. The number of unbranched alkanes of at least 4 members (excludes halogenated alkanes) is 1. The highest BCUT2D eigenvalue weighted by Crippen LogP contribution is 2.76. The maximum absolute atomic E-state index is 16.1. The number of esters is 3. The van der Waals surface area contributed by atoms with Gasteiger partial charge in [-0.2, -0.15) is 0 Å². The highest BCUT2D eigenvalue weighted by molar-refractivity contribution is 5.87. The summed E-state index contributed by atoms with van der Waals surface area (Å²) < 4.78 is 80.2. The summed E-state index contributed by atoms with van der Waals surface area (Å²) in [6.07, 6.45) is -30.9. The van der Waals surface area contributed by atoms with Crippen molar-refractivity contribution in [1.82, 2.24) is 0 Å². The summed E-state index contributed by atoms with van der Waals surface area (Å²) >= 11 is 0. The molecule has 25 unspecified atom stereocenters. The Morgan fingerprint density at radius 1 is 0.590 bits per heavy atom. The fourth-order valence-corrected chi connectivity index (χ4v) is 19.7. The fraction of sp³-hybridized carbons (Fsp3) is 0.800. The van der Waals surface area contributed by atoms with Crippen LogP contribution in [0.2, 0.25) is 0 Å². The van der Waals surface area contributed by atoms with Gasteiger partial charge in [0, 0.05) is 13.0 Å². The number of carbonyl (C=O) groups is 5. The second kappa shape index (κ2) is 32.0. The number of aryl methyl sites for hydroxylation is 1. The Kier molecular flexibility index (Phi) is 24.8. The first-order valence-corrected chi connectivity index (χ1v) is 37.0. The third-order valence-corrected chi connectivity index (χ3v) is 26.0. The van der Waals surface area contributed by atoms with Crippen LogP contribution in [0.3, 0.4) is 0 Å². The van der Waals surface area contributed by atoms with Crippen LogP contribution in [0.15, 0.2) is 42.5 Å². The van der Waals surface area contributed by atoms with E-state index < -0.39 is 230 Å². The van der Waals surface area contributed by atoms with Crippen molar-refractivity contribution in [2.75, 3.05) is 19.8 Å². The van der Waals surface area contributed by atoms with Gasteiger partial charge in [0.05, 0.1) is 61.2 Å². The number of rotatable bonds is 22. The Morgan fingerprint density at radius 2 is 1.23 bits per heavy atom. The van der Waals surface area contributed by atoms with Crippen LogP contribution in [-0.4, -0.2) is 271 Å². The van der Waals surface area contributed by atoms with Gasteiger partial charge in [-0.3, -0.25) is 14.4 Å². The molecule has 11 rings (SSSR count). The number of hydrogen-bond acceptors (Lipinski definition) is 30. The van der Waals surface area contributed by atoms with Crippen LogP contribution in [0.1, 0.15) is 144 Å². The molecule has 105 heavy (non-hydrogen) atoms. The summed E-state index contributed by atoms with van der Waals surface area (Å²) in [5, 5.41) is 135. The fourth-order valence-electron chi connectivity index (χ4n) is 19.7. The molecule has 5 aliphatic heterocycles. The lowest BCUT2D eigenvalue weighted by Crippen LogP contribution is -2.70. The zero-order valence-corrected chi connectivity index (χ0v) is 61.2. The second-order valence-electron chi connectivity index (χ2n) is 33.0. The van der Waals surface area contributed by atoms with Crippen LogP contribution in [0.4, 0.5) is 0 Å². The molecule has 35 atom stereocenters. The lowest BCUT2D eigenvalue weighted by Gasteiger charge is -2.72. The minimum absolute atomic E-state index is 0.0282. The first-order valence-electron chi connectivity index (χ1n) is 37.0. The van der Waals surface area contributed by atoms with Crippen molar-refractivity contribution in [3.05, 3.63) is 53.6 Å². The molecule has 30 nitrogen and oxygen atoms in total. The Balaban J connectivity index is 0.896. The van der Waals surface area contributed by atoms with E-state index >= 15 is 4.79 Å². The van der Waals surface area contributed by atoms with Crippen molar-refractivity contribution in [1.29, 1.82) is 0 Å². The molecule has 0 aromatic heterocycles. The van der Waals surface area contributed by atoms with E-state index in [1.54, 1.807) is 19.1 Å². The molecule has 12 N–H and O–H groups in total. The lowest BCUT2D eigenvalue weighted by atomic mass is 9.32. The van der Waals surface area contributed by atoms with E-state index in [1.807, 2.05) is 19.1 Å². The van der Waals surface area contributed by atoms with Crippen molar-refractivity contribution in [3.8, 4) is 0 Å². The average molecular weight is 1490 g/mol. The predicted molar refractivity (Wildman–Crippen MR) is 361 cm³/mol. The monoisotopic (exact) mass is 1490 g/mol. The van der Waals surface area contributed by atoms with Crippen molar-refractivity contribution < 1.29 is 147 Å². The van der Waals surface area contributed by atoms with Crippen molar-refractivity contribution in [2.24, 2.45) is 56.2 Å². The number of aldehydes is 1. The summed E-state index contributed by atoms with van der Waals surface area (Å²) in [4.78, 5) is 68.5. The molecule has 30 heteroatoms. The topological polar surface area (TPSA) is 448 Å². The van der Waals surface area contributed by atoms with E-state index in [1.165, 1.54) is 26.0 Å². The SMILES string of the molecule is CC(=O)OC1C(OC(=O)/C=C\c2ccc(C)cc2)C(C)OC(OC(=O)[C@]23CCC(C)(C)C[C@H]2C2C=C[C@@H]4[C@@]5(C)CC[C@H](OC6OC(CCCCOC=O)C(O)C(OC7OCC(O)C(O)C7O)C6OC6OC(CO)C(O)C(O)C6O)[C@@](C)(C=O)[C@@H]5CC[C@@]4(C)[C@]2(C)C[C@H]3O)C1OC1OC(C)C(O)C(O)C1O. The third-order valence-electron chi connectivity index (χ3n) is 26.0. The van der Waals surface area contributed by atoms with Gasteiger partial charge in [0.15, 0.2) is 43.5 Å². The largest absolute Gasteiger partial charge is 0.468 e. The summed E-state index contributed by atoms with van der Waals surface area (Å²) in [5.74, 6) is -4.26. The van der Waals surface area contributed by atoms with Crippen LogP contribution in [0, 0.1) is 63.1 Å². The number of aliphatic hydroxyl groups excluding tert-OH is 12. The molecule has 5 aliphatic carbocycles. The van der Waals surface area contributed by atoms with Crippen LogP contribution in [0.5, 0.6) is 0 Å². The Morgan fingerprint density at radius 3 is 1.90 bits per heavy atom. The number of hydrogen-bond donors (Lipinski definition) is 12. The molecule has 5 heterocycles. The van der Waals surface area contributed by atoms with Gasteiger partial charge in [0.25, 0.3) is 6.47 Å². The molecule has 0 spiro atoms. The summed E-state index contributed by atoms with van der Waals surface area (Å²) in [6, 6.07) is 7.33. The molecule has 0 radical (unpaired) electrons. The molecule has 1 aromatic carbocycles. The van der Waals surface area contributed by atoms with Crippen LogP contribution in [0.25, 0.3) is 6.08 Å². The predicted octanol–water partition coefficient (Wildman–Crippen LogP) is 0.983. The van der Waals surface area contributed by atoms with Gasteiger partial charge in [-0.15, -0.1) is 0 Å². The van der Waals surface area contributed by atoms with Gasteiger partial charge in [-0.05, 0) is 148 Å². The van der Waals surface area contributed by atoms with Crippen molar-refractivity contribution in [3.63, 3.8) is 0 Å². The molecule has 9 fully saturated rings. The van der Waals surface area contributed by atoms with E-state index in [0.717, 1.165) is 18.8 Å². The third kappa shape index (κ3) is 15.3. The number of aliphatic hydroxyl groups is 12. The molecule has 590 valence electrons. The Bertz CT molecular complexity index is 3240. The van der Waals surface area contributed by atoms with E-state index in [2.05, 4.69) is 46.8 Å². The Labute approximate surface area is 610 Å². The number of fused-ring (bicyclic) bond motifs is 7.